The van der Waals surface area contributed by atoms with Crippen molar-refractivity contribution in [1.82, 2.24) is 4.98 Å². The predicted octanol–water partition coefficient (Wildman–Crippen LogP) is 7.86. The van der Waals surface area contributed by atoms with Crippen molar-refractivity contribution in [3.05, 3.63) is 102 Å². The van der Waals surface area contributed by atoms with Crippen molar-refractivity contribution in [3.63, 3.8) is 0 Å². The Morgan fingerprint density at radius 2 is 1.63 bits per heavy atom. The summed E-state index contributed by atoms with van der Waals surface area (Å²) in [6, 6.07) is 27.0. The molecule has 1 heterocycles. The summed E-state index contributed by atoms with van der Waals surface area (Å²) in [6.07, 6.45) is 3.75. The number of hydrogen-bond donors (Lipinski definition) is 3. The topological polar surface area (TPSA) is 77.5 Å². The molecule has 0 amide bonds. The molecular weight excluding hydrogens is 460 g/mol. The Morgan fingerprint density at radius 1 is 0.914 bits per heavy atom. The van der Waals surface area contributed by atoms with Gasteiger partial charge in [0.1, 0.15) is 11.4 Å². The van der Waals surface area contributed by atoms with Crippen LogP contribution in [0, 0.1) is 0 Å². The van der Waals surface area contributed by atoms with Crippen LogP contribution in [0.5, 0.6) is 0 Å². The lowest BCUT2D eigenvalue weighted by Crippen LogP contribution is -2.18. The summed E-state index contributed by atoms with van der Waals surface area (Å²) in [6.45, 7) is 3.10. The van der Waals surface area contributed by atoms with E-state index in [9.17, 15) is 9.90 Å². The quantitative estimate of drug-likeness (QED) is 0.212. The average molecular weight is 487 g/mol. The molecule has 1 aromatic heterocycles. The first-order valence-corrected chi connectivity index (χ1v) is 11.9. The Hall–Kier alpha value is -4.03. The highest BCUT2D eigenvalue weighted by molar-refractivity contribution is 6.33. The maximum Gasteiger partial charge on any atom is 0.339 e. The lowest BCUT2D eigenvalue weighted by Gasteiger charge is -2.25. The number of unbranched alkanes of at least 4 members (excludes halogenated alkanes) is 1. The fraction of sp³-hybridized carbons (Fsp3) is 0.143. The Bertz CT molecular complexity index is 1280. The number of carboxylic acid groups (broad SMARTS) is 1. The molecule has 0 fully saturated rings. The van der Waals surface area contributed by atoms with Gasteiger partial charge in [-0.1, -0.05) is 43.1 Å². The van der Waals surface area contributed by atoms with Crippen molar-refractivity contribution < 1.29 is 9.90 Å². The number of carboxylic acids is 1. The second kappa shape index (κ2) is 11.4. The molecule has 7 heteroatoms. The first kappa shape index (κ1) is 24.1. The number of pyridine rings is 1. The summed E-state index contributed by atoms with van der Waals surface area (Å²) in [4.78, 5) is 17.8. The van der Waals surface area contributed by atoms with E-state index in [4.69, 9.17) is 11.6 Å². The highest BCUT2D eigenvalue weighted by Crippen LogP contribution is 2.33. The highest BCUT2D eigenvalue weighted by atomic mass is 35.5. The second-order valence-electron chi connectivity index (χ2n) is 8.04. The van der Waals surface area contributed by atoms with E-state index in [0.717, 1.165) is 47.8 Å². The Kier molecular flexibility index (Phi) is 7.85. The summed E-state index contributed by atoms with van der Waals surface area (Å²) >= 11 is 6.67. The van der Waals surface area contributed by atoms with Gasteiger partial charge in [-0.15, -0.1) is 0 Å². The molecule has 0 saturated carbocycles. The SMILES string of the molecule is CCCCN(c1ccccc1)c1ccc(Nc2ccc(Nc3ncccc3C(=O)O)cc2)c(Cl)c1. The van der Waals surface area contributed by atoms with Crippen LogP contribution in [0.3, 0.4) is 0 Å². The van der Waals surface area contributed by atoms with Crippen molar-refractivity contribution in [3.8, 4) is 0 Å². The van der Waals surface area contributed by atoms with E-state index < -0.39 is 5.97 Å². The van der Waals surface area contributed by atoms with Gasteiger partial charge < -0.3 is 20.6 Å². The number of carbonyl (C=O) groups is 1. The minimum absolute atomic E-state index is 0.116. The number of aromatic carboxylic acids is 1. The number of rotatable bonds is 10. The van der Waals surface area contributed by atoms with E-state index >= 15 is 0 Å². The van der Waals surface area contributed by atoms with Gasteiger partial charge in [-0.2, -0.15) is 0 Å². The third-order valence-corrected chi connectivity index (χ3v) is 5.84. The number of benzene rings is 3. The zero-order chi connectivity index (χ0) is 24.6. The van der Waals surface area contributed by atoms with Crippen molar-refractivity contribution in [2.45, 2.75) is 19.8 Å². The van der Waals surface area contributed by atoms with Crippen LogP contribution in [-0.4, -0.2) is 22.6 Å². The predicted molar refractivity (Wildman–Crippen MR) is 144 cm³/mol. The van der Waals surface area contributed by atoms with Crippen LogP contribution in [0.4, 0.5) is 34.3 Å². The summed E-state index contributed by atoms with van der Waals surface area (Å²) in [5.74, 6) is -0.733. The fourth-order valence-corrected chi connectivity index (χ4v) is 3.93. The number of anilines is 6. The Labute approximate surface area is 210 Å². The van der Waals surface area contributed by atoms with Crippen LogP contribution < -0.4 is 15.5 Å². The average Bonchev–Trinajstić information content (AvgIpc) is 2.88. The second-order valence-corrected chi connectivity index (χ2v) is 8.44. The zero-order valence-electron chi connectivity index (χ0n) is 19.4. The number of halogens is 1. The molecule has 35 heavy (non-hydrogen) atoms. The van der Waals surface area contributed by atoms with Gasteiger partial charge in [-0.25, -0.2) is 9.78 Å². The third-order valence-electron chi connectivity index (χ3n) is 5.53. The first-order valence-electron chi connectivity index (χ1n) is 11.5. The zero-order valence-corrected chi connectivity index (χ0v) is 20.2. The minimum atomic E-state index is -1.03. The largest absolute Gasteiger partial charge is 0.478 e. The maximum atomic E-state index is 11.4. The van der Waals surface area contributed by atoms with E-state index in [-0.39, 0.29) is 5.56 Å². The standard InChI is InChI=1S/C28H27ClN4O2/c1-2-3-18-33(22-8-5-4-6-9-22)23-15-16-26(25(29)19-23)31-20-11-13-21(14-12-20)32-27-24(28(34)35)10-7-17-30-27/h4-17,19,31H,2-3,18H2,1H3,(H,30,32)(H,34,35). The van der Waals surface area contributed by atoms with Crippen molar-refractivity contribution in [2.24, 2.45) is 0 Å². The molecule has 178 valence electrons. The molecule has 3 aromatic carbocycles. The maximum absolute atomic E-state index is 11.4. The fourth-order valence-electron chi connectivity index (χ4n) is 3.71. The van der Waals surface area contributed by atoms with E-state index in [1.165, 1.54) is 6.07 Å². The van der Waals surface area contributed by atoms with E-state index in [2.05, 4.69) is 45.6 Å². The van der Waals surface area contributed by atoms with Crippen molar-refractivity contribution in [2.75, 3.05) is 22.1 Å². The van der Waals surface area contributed by atoms with Gasteiger partial charge in [-0.3, -0.25) is 0 Å². The van der Waals surface area contributed by atoms with Gasteiger partial charge >= 0.3 is 5.97 Å². The molecular formula is C28H27ClN4O2. The van der Waals surface area contributed by atoms with Gasteiger partial charge in [0.15, 0.2) is 0 Å². The van der Waals surface area contributed by atoms with E-state index in [0.29, 0.717) is 10.8 Å². The molecule has 4 rings (SSSR count). The lowest BCUT2D eigenvalue weighted by atomic mass is 10.2. The molecule has 0 aliphatic carbocycles. The minimum Gasteiger partial charge on any atom is -0.478 e. The summed E-state index contributed by atoms with van der Waals surface area (Å²) in [5.41, 5.74) is 4.69. The highest BCUT2D eigenvalue weighted by Gasteiger charge is 2.12. The number of hydrogen-bond acceptors (Lipinski definition) is 5. The van der Waals surface area contributed by atoms with Crippen LogP contribution in [-0.2, 0) is 0 Å². The van der Waals surface area contributed by atoms with Crippen LogP contribution in [0.1, 0.15) is 30.1 Å². The van der Waals surface area contributed by atoms with Crippen LogP contribution in [0.15, 0.2) is 91.1 Å². The lowest BCUT2D eigenvalue weighted by molar-refractivity contribution is 0.0697. The van der Waals surface area contributed by atoms with Gasteiger partial charge in [-0.05, 0) is 73.2 Å². The van der Waals surface area contributed by atoms with E-state index in [1.54, 1.807) is 12.3 Å². The number of nitrogens with one attached hydrogen (secondary N) is 2. The monoisotopic (exact) mass is 486 g/mol. The first-order chi connectivity index (χ1) is 17.0. The molecule has 0 atom stereocenters. The molecule has 0 unspecified atom stereocenters. The Morgan fingerprint density at radius 3 is 2.29 bits per heavy atom. The molecule has 6 nitrogen and oxygen atoms in total. The normalized spacial score (nSPS) is 10.6. The van der Waals surface area contributed by atoms with Gasteiger partial charge in [0, 0.05) is 35.5 Å². The van der Waals surface area contributed by atoms with Gasteiger partial charge in [0.25, 0.3) is 0 Å². The smallest absolute Gasteiger partial charge is 0.339 e. The molecule has 0 aliphatic rings. The summed E-state index contributed by atoms with van der Waals surface area (Å²) in [5, 5.41) is 16.4. The van der Waals surface area contributed by atoms with Gasteiger partial charge in [0.05, 0.1) is 10.7 Å². The van der Waals surface area contributed by atoms with Crippen LogP contribution >= 0.6 is 11.6 Å². The summed E-state index contributed by atoms with van der Waals surface area (Å²) < 4.78 is 0. The van der Waals surface area contributed by atoms with Gasteiger partial charge in [0.2, 0.25) is 0 Å². The molecule has 0 bridgehead atoms. The number of aromatic nitrogens is 1. The van der Waals surface area contributed by atoms with E-state index in [1.807, 2.05) is 54.6 Å². The number of nitrogens with zero attached hydrogens (tertiary/aromatic N) is 2. The summed E-state index contributed by atoms with van der Waals surface area (Å²) in [7, 11) is 0. The van der Waals surface area contributed by atoms with Crippen molar-refractivity contribution >= 4 is 51.8 Å². The molecule has 0 aliphatic heterocycles. The third kappa shape index (κ3) is 6.11. The van der Waals surface area contributed by atoms with Crippen molar-refractivity contribution in [1.29, 1.82) is 0 Å². The molecule has 0 saturated heterocycles. The Balaban J connectivity index is 1.48. The molecule has 0 spiro atoms. The molecule has 3 N–H and O–H groups in total. The number of para-hydroxylation sites is 1. The van der Waals surface area contributed by atoms with Crippen LogP contribution in [0.2, 0.25) is 5.02 Å². The molecule has 4 aromatic rings. The van der Waals surface area contributed by atoms with Crippen LogP contribution in [0.25, 0.3) is 0 Å². The molecule has 0 radical (unpaired) electrons.